The van der Waals surface area contributed by atoms with E-state index in [1.165, 1.54) is 12.1 Å². The second kappa shape index (κ2) is 8.37. The summed E-state index contributed by atoms with van der Waals surface area (Å²) in [5.41, 5.74) is 0.917. The van der Waals surface area contributed by atoms with Crippen molar-refractivity contribution in [3.63, 3.8) is 0 Å². The van der Waals surface area contributed by atoms with Crippen LogP contribution in [0.2, 0.25) is 0 Å². The molecule has 132 valence electrons. The molecule has 0 saturated carbocycles. The van der Waals surface area contributed by atoms with E-state index in [1.807, 2.05) is 6.92 Å². The van der Waals surface area contributed by atoms with Gasteiger partial charge in [-0.25, -0.2) is 8.75 Å². The predicted molar refractivity (Wildman–Crippen MR) is 85.5 cm³/mol. The summed E-state index contributed by atoms with van der Waals surface area (Å²) in [4.78, 5) is -0.0175. The smallest absolute Gasteiger partial charge is 0.284 e. The Labute approximate surface area is 137 Å². The normalized spacial score (nSPS) is 13.0. The van der Waals surface area contributed by atoms with Gasteiger partial charge in [-0.2, -0.15) is 8.42 Å². The molecular weight excluding hydrogens is 343 g/mol. The standard InChI is InChI=1S/C14H23O7PS/c1-11(2)20-22(15,21-12(3)4)18-10-19-23(16,17)14-8-6-13(5)7-9-14/h6-9,11-12H,10H2,1-5H3. The highest BCUT2D eigenvalue weighted by Crippen LogP contribution is 2.51. The van der Waals surface area contributed by atoms with Crippen molar-refractivity contribution in [2.75, 3.05) is 6.79 Å². The van der Waals surface area contributed by atoms with E-state index < -0.39 is 36.9 Å². The molecule has 0 unspecified atom stereocenters. The third-order valence-corrected chi connectivity index (χ3v) is 5.44. The molecule has 0 radical (unpaired) electrons. The zero-order valence-corrected chi connectivity index (χ0v) is 15.6. The fraction of sp³-hybridized carbons (Fsp3) is 0.571. The van der Waals surface area contributed by atoms with Crippen molar-refractivity contribution >= 4 is 17.9 Å². The SMILES string of the molecule is Cc1ccc(S(=O)(=O)OCOP(=O)(OC(C)C)OC(C)C)cc1. The van der Waals surface area contributed by atoms with Crippen molar-refractivity contribution in [1.82, 2.24) is 0 Å². The van der Waals surface area contributed by atoms with Crippen molar-refractivity contribution in [2.24, 2.45) is 0 Å². The van der Waals surface area contributed by atoms with Gasteiger partial charge in [0.1, 0.15) is 0 Å². The Kier molecular flexibility index (Phi) is 7.38. The number of rotatable bonds is 9. The molecule has 0 N–H and O–H groups in total. The molecular formula is C14H23O7PS. The first-order valence-corrected chi connectivity index (χ1v) is 9.98. The Hall–Kier alpha value is -0.760. The van der Waals surface area contributed by atoms with Crippen LogP contribution >= 0.6 is 7.82 Å². The minimum Gasteiger partial charge on any atom is -0.284 e. The maximum absolute atomic E-state index is 12.4. The van der Waals surface area contributed by atoms with E-state index in [4.69, 9.17) is 17.8 Å². The second-order valence-corrected chi connectivity index (χ2v) is 8.58. The largest absolute Gasteiger partial charge is 0.477 e. The van der Waals surface area contributed by atoms with Crippen LogP contribution in [0.1, 0.15) is 33.3 Å². The highest BCUT2D eigenvalue weighted by Gasteiger charge is 2.30. The van der Waals surface area contributed by atoms with Gasteiger partial charge < -0.3 is 0 Å². The average molecular weight is 366 g/mol. The lowest BCUT2D eigenvalue weighted by Crippen LogP contribution is -2.14. The third kappa shape index (κ3) is 7.12. The van der Waals surface area contributed by atoms with Gasteiger partial charge in [0, 0.05) is 0 Å². The molecule has 0 aromatic heterocycles. The molecule has 0 atom stereocenters. The van der Waals surface area contributed by atoms with Crippen LogP contribution in [-0.4, -0.2) is 27.4 Å². The summed E-state index contributed by atoms with van der Waals surface area (Å²) >= 11 is 0. The van der Waals surface area contributed by atoms with Crippen molar-refractivity contribution in [1.29, 1.82) is 0 Å². The van der Waals surface area contributed by atoms with Crippen LogP contribution in [0.3, 0.4) is 0 Å². The van der Waals surface area contributed by atoms with E-state index in [0.29, 0.717) is 0 Å². The molecule has 0 spiro atoms. The van der Waals surface area contributed by atoms with E-state index in [9.17, 15) is 13.0 Å². The molecule has 0 aliphatic carbocycles. The summed E-state index contributed by atoms with van der Waals surface area (Å²) in [6.07, 6.45) is -0.846. The van der Waals surface area contributed by atoms with E-state index >= 15 is 0 Å². The second-order valence-electron chi connectivity index (χ2n) is 5.39. The number of hydrogen-bond donors (Lipinski definition) is 0. The molecule has 1 aromatic rings. The minimum absolute atomic E-state index is 0.0175. The van der Waals surface area contributed by atoms with Crippen molar-refractivity contribution < 1.29 is 30.7 Å². The number of phosphoric acid groups is 1. The van der Waals surface area contributed by atoms with E-state index in [2.05, 4.69) is 0 Å². The molecule has 0 fully saturated rings. The molecule has 0 amide bonds. The Morgan fingerprint density at radius 3 is 1.91 bits per heavy atom. The van der Waals surface area contributed by atoms with Crippen molar-refractivity contribution in [3.05, 3.63) is 29.8 Å². The van der Waals surface area contributed by atoms with Crippen LogP contribution < -0.4 is 0 Å². The Morgan fingerprint density at radius 2 is 1.48 bits per heavy atom. The van der Waals surface area contributed by atoms with Crippen LogP contribution in [0.25, 0.3) is 0 Å². The summed E-state index contributed by atoms with van der Waals surface area (Å²) in [5, 5.41) is 0. The van der Waals surface area contributed by atoms with Crippen LogP contribution in [0, 0.1) is 6.92 Å². The van der Waals surface area contributed by atoms with Crippen LogP contribution in [0.15, 0.2) is 29.2 Å². The fourth-order valence-electron chi connectivity index (χ4n) is 1.52. The van der Waals surface area contributed by atoms with Gasteiger partial charge >= 0.3 is 7.82 Å². The first-order valence-electron chi connectivity index (χ1n) is 7.11. The monoisotopic (exact) mass is 366 g/mol. The predicted octanol–water partition coefficient (Wildman–Crippen LogP) is 3.63. The van der Waals surface area contributed by atoms with Gasteiger partial charge in [0.15, 0.2) is 6.79 Å². The van der Waals surface area contributed by atoms with Gasteiger partial charge in [0.2, 0.25) is 0 Å². The topological polar surface area (TPSA) is 88.1 Å². The number of benzene rings is 1. The maximum Gasteiger partial charge on any atom is 0.477 e. The summed E-state index contributed by atoms with van der Waals surface area (Å²) in [5.74, 6) is 0. The van der Waals surface area contributed by atoms with E-state index in [0.717, 1.165) is 5.56 Å². The first kappa shape index (κ1) is 20.3. The molecule has 7 nitrogen and oxygen atoms in total. The maximum atomic E-state index is 12.4. The number of phosphoric ester groups is 1. The Morgan fingerprint density at radius 1 is 1.00 bits per heavy atom. The van der Waals surface area contributed by atoms with Gasteiger partial charge in [0.05, 0.1) is 17.1 Å². The molecule has 9 heteroatoms. The Balaban J connectivity index is 2.71. The van der Waals surface area contributed by atoms with Crippen LogP contribution in [-0.2, 0) is 32.4 Å². The number of aryl methyl sites for hydroxylation is 1. The lowest BCUT2D eigenvalue weighted by Gasteiger charge is -2.21. The van der Waals surface area contributed by atoms with Gasteiger partial charge in [0.25, 0.3) is 10.1 Å². The van der Waals surface area contributed by atoms with E-state index in [-0.39, 0.29) is 4.90 Å². The van der Waals surface area contributed by atoms with E-state index in [1.54, 1.807) is 39.8 Å². The quantitative estimate of drug-likeness (QED) is 0.374. The number of hydrogen-bond acceptors (Lipinski definition) is 7. The van der Waals surface area contributed by atoms with Gasteiger partial charge in [-0.3, -0.25) is 13.6 Å². The highest BCUT2D eigenvalue weighted by molar-refractivity contribution is 7.86. The summed E-state index contributed by atoms with van der Waals surface area (Å²) in [7, 11) is -7.92. The lowest BCUT2D eigenvalue weighted by atomic mass is 10.2. The van der Waals surface area contributed by atoms with Crippen LogP contribution in [0.4, 0.5) is 0 Å². The highest BCUT2D eigenvalue weighted by atomic mass is 32.2. The molecule has 0 heterocycles. The summed E-state index contributed by atoms with van der Waals surface area (Å²) in [6, 6.07) is 6.12. The summed E-state index contributed by atoms with van der Waals surface area (Å²) in [6.45, 7) is 7.69. The molecule has 0 saturated heterocycles. The zero-order chi connectivity index (χ0) is 17.7. The van der Waals surface area contributed by atoms with Gasteiger partial charge in [-0.1, -0.05) is 17.7 Å². The van der Waals surface area contributed by atoms with Crippen LogP contribution in [0.5, 0.6) is 0 Å². The average Bonchev–Trinajstić information content (AvgIpc) is 2.36. The fourth-order valence-corrected chi connectivity index (χ4v) is 3.76. The van der Waals surface area contributed by atoms with Gasteiger partial charge in [-0.05, 0) is 46.8 Å². The Bertz CT molecular complexity index is 624. The van der Waals surface area contributed by atoms with Crippen molar-refractivity contribution in [3.8, 4) is 0 Å². The minimum atomic E-state index is -4.01. The lowest BCUT2D eigenvalue weighted by molar-refractivity contribution is 0.0307. The molecule has 0 aliphatic heterocycles. The summed E-state index contributed by atoms with van der Waals surface area (Å²) < 4.78 is 56.3. The molecule has 0 bridgehead atoms. The molecule has 1 rings (SSSR count). The third-order valence-electron chi connectivity index (χ3n) is 2.40. The zero-order valence-electron chi connectivity index (χ0n) is 13.9. The van der Waals surface area contributed by atoms with Crippen molar-refractivity contribution in [2.45, 2.75) is 51.7 Å². The van der Waals surface area contributed by atoms with Gasteiger partial charge in [-0.15, -0.1) is 0 Å². The molecule has 23 heavy (non-hydrogen) atoms. The first-order chi connectivity index (χ1) is 10.5. The molecule has 0 aliphatic rings. The molecule has 1 aromatic carbocycles.